The minimum atomic E-state index is -1.35. The van der Waals surface area contributed by atoms with Crippen LogP contribution >= 0.6 is 0 Å². The van der Waals surface area contributed by atoms with Gasteiger partial charge >= 0.3 is 11.9 Å². The maximum absolute atomic E-state index is 10.8. The third-order valence-corrected chi connectivity index (χ3v) is 1.30. The number of hydrogen-bond acceptors (Lipinski definition) is 5. The SMILES string of the molecule is C=CCC(=O)C(=O)OC(=O)C(=O)CC=C. The molecular formula is C10H10O5. The fourth-order valence-electron chi connectivity index (χ4n) is 0.627. The van der Waals surface area contributed by atoms with Gasteiger partial charge in [0.1, 0.15) is 0 Å². The number of allylic oxidation sites excluding steroid dienone is 2. The second-order valence-corrected chi connectivity index (χ2v) is 2.51. The predicted octanol–water partition coefficient (Wildman–Crippen LogP) is 0.347. The molecule has 0 saturated carbocycles. The number of ketones is 2. The Kier molecular flexibility index (Phi) is 5.55. The molecule has 0 radical (unpaired) electrons. The maximum Gasteiger partial charge on any atom is 0.382 e. The summed E-state index contributed by atoms with van der Waals surface area (Å²) >= 11 is 0. The maximum atomic E-state index is 10.8. The molecule has 0 rings (SSSR count). The van der Waals surface area contributed by atoms with Crippen molar-refractivity contribution in [3.05, 3.63) is 25.3 Å². The Balaban J connectivity index is 4.23. The smallest absolute Gasteiger partial charge is 0.381 e. The quantitative estimate of drug-likeness (QED) is 0.273. The molecule has 0 aromatic rings. The van der Waals surface area contributed by atoms with Gasteiger partial charge in [-0.3, -0.25) is 9.59 Å². The van der Waals surface area contributed by atoms with E-state index >= 15 is 0 Å². The van der Waals surface area contributed by atoms with Crippen molar-refractivity contribution in [3.63, 3.8) is 0 Å². The number of Topliss-reactive ketones (excluding diaryl/α,β-unsaturated/α-hetero) is 2. The van der Waals surface area contributed by atoms with E-state index in [1.165, 1.54) is 12.2 Å². The fourth-order valence-corrected chi connectivity index (χ4v) is 0.627. The minimum Gasteiger partial charge on any atom is -0.381 e. The molecule has 0 aliphatic heterocycles. The highest BCUT2D eigenvalue weighted by atomic mass is 16.6. The second kappa shape index (κ2) is 6.42. The Bertz CT molecular complexity index is 295. The second-order valence-electron chi connectivity index (χ2n) is 2.51. The Morgan fingerprint density at radius 1 is 0.867 bits per heavy atom. The summed E-state index contributed by atoms with van der Waals surface area (Å²) in [6.07, 6.45) is 1.92. The fraction of sp³-hybridized carbons (Fsp3) is 0.200. The lowest BCUT2D eigenvalue weighted by Gasteiger charge is -1.98. The number of ether oxygens (including phenoxy) is 1. The zero-order valence-corrected chi connectivity index (χ0v) is 8.02. The molecule has 0 aliphatic carbocycles. The molecule has 0 heterocycles. The summed E-state index contributed by atoms with van der Waals surface area (Å²) in [6, 6.07) is 0. The molecule has 0 spiro atoms. The molecule has 0 amide bonds. The molecule has 0 atom stereocenters. The van der Waals surface area contributed by atoms with Crippen LogP contribution in [-0.4, -0.2) is 23.5 Å². The largest absolute Gasteiger partial charge is 0.382 e. The van der Waals surface area contributed by atoms with E-state index in [4.69, 9.17) is 0 Å². The van der Waals surface area contributed by atoms with Gasteiger partial charge in [-0.1, -0.05) is 12.2 Å². The van der Waals surface area contributed by atoms with Gasteiger partial charge in [-0.05, 0) is 0 Å². The van der Waals surface area contributed by atoms with Crippen molar-refractivity contribution in [3.8, 4) is 0 Å². The summed E-state index contributed by atoms with van der Waals surface area (Å²) in [5.74, 6) is -4.55. The lowest BCUT2D eigenvalue weighted by molar-refractivity contribution is -0.167. The van der Waals surface area contributed by atoms with Gasteiger partial charge in [0, 0.05) is 12.8 Å². The summed E-state index contributed by atoms with van der Waals surface area (Å²) < 4.78 is 4.01. The standard InChI is InChI=1S/C10H10O5/c1-3-5-7(11)9(13)15-10(14)8(12)6-4-2/h3-4H,1-2,5-6H2. The van der Waals surface area contributed by atoms with E-state index in [1.54, 1.807) is 0 Å². The highest BCUT2D eigenvalue weighted by molar-refractivity contribution is 6.42. The van der Waals surface area contributed by atoms with Gasteiger partial charge < -0.3 is 4.74 Å². The van der Waals surface area contributed by atoms with Gasteiger partial charge in [-0.25, -0.2) is 9.59 Å². The lowest BCUT2D eigenvalue weighted by Crippen LogP contribution is -2.25. The number of rotatable bonds is 6. The van der Waals surface area contributed by atoms with Gasteiger partial charge in [-0.2, -0.15) is 0 Å². The summed E-state index contributed by atoms with van der Waals surface area (Å²) in [5.41, 5.74) is 0. The summed E-state index contributed by atoms with van der Waals surface area (Å²) in [5, 5.41) is 0. The first kappa shape index (κ1) is 13.0. The van der Waals surface area contributed by atoms with Gasteiger partial charge in [0.25, 0.3) is 0 Å². The van der Waals surface area contributed by atoms with E-state index in [0.717, 1.165) is 0 Å². The minimum absolute atomic E-state index is 0.234. The molecule has 0 saturated heterocycles. The Morgan fingerprint density at radius 2 is 1.20 bits per heavy atom. The van der Waals surface area contributed by atoms with E-state index in [1.807, 2.05) is 0 Å². The van der Waals surface area contributed by atoms with Crippen LogP contribution in [0.3, 0.4) is 0 Å². The van der Waals surface area contributed by atoms with Crippen LogP contribution in [0.15, 0.2) is 25.3 Å². The average Bonchev–Trinajstić information content (AvgIpc) is 2.18. The first-order chi connectivity index (χ1) is 7.02. The Hall–Kier alpha value is -2.04. The highest BCUT2D eigenvalue weighted by Crippen LogP contribution is 1.93. The van der Waals surface area contributed by atoms with E-state index in [9.17, 15) is 19.2 Å². The van der Waals surface area contributed by atoms with Crippen LogP contribution in [0, 0.1) is 0 Å². The number of esters is 2. The molecule has 0 bridgehead atoms. The molecule has 5 nitrogen and oxygen atoms in total. The molecule has 5 heteroatoms. The van der Waals surface area contributed by atoms with Crippen molar-refractivity contribution < 1.29 is 23.9 Å². The molecular weight excluding hydrogens is 200 g/mol. The summed E-state index contributed by atoms with van der Waals surface area (Å²) in [4.78, 5) is 43.3. The van der Waals surface area contributed by atoms with E-state index in [0.29, 0.717) is 0 Å². The van der Waals surface area contributed by atoms with Crippen molar-refractivity contribution in [2.45, 2.75) is 12.8 Å². The van der Waals surface area contributed by atoms with E-state index in [-0.39, 0.29) is 12.8 Å². The summed E-state index contributed by atoms with van der Waals surface area (Å²) in [7, 11) is 0. The van der Waals surface area contributed by atoms with Crippen LogP contribution in [-0.2, 0) is 23.9 Å². The van der Waals surface area contributed by atoms with Gasteiger partial charge in [0.05, 0.1) is 0 Å². The van der Waals surface area contributed by atoms with Crippen molar-refractivity contribution in [1.29, 1.82) is 0 Å². The first-order valence-corrected chi connectivity index (χ1v) is 4.06. The Labute approximate surface area is 86.4 Å². The Morgan fingerprint density at radius 3 is 1.47 bits per heavy atom. The van der Waals surface area contributed by atoms with Crippen molar-refractivity contribution >= 4 is 23.5 Å². The molecule has 15 heavy (non-hydrogen) atoms. The normalized spacial score (nSPS) is 8.80. The molecule has 0 N–H and O–H groups in total. The van der Waals surface area contributed by atoms with Crippen LogP contribution in [0.25, 0.3) is 0 Å². The molecule has 0 aliphatic rings. The third-order valence-electron chi connectivity index (χ3n) is 1.30. The highest BCUT2D eigenvalue weighted by Gasteiger charge is 2.22. The molecule has 0 unspecified atom stereocenters. The van der Waals surface area contributed by atoms with Crippen molar-refractivity contribution in [2.75, 3.05) is 0 Å². The zero-order valence-electron chi connectivity index (χ0n) is 8.02. The van der Waals surface area contributed by atoms with Crippen LogP contribution in [0.2, 0.25) is 0 Å². The van der Waals surface area contributed by atoms with Gasteiger partial charge in [0.2, 0.25) is 11.6 Å². The molecule has 0 aromatic carbocycles. The number of carbonyl (C=O) groups excluding carboxylic acids is 4. The lowest BCUT2D eigenvalue weighted by atomic mass is 10.3. The van der Waals surface area contributed by atoms with Gasteiger partial charge in [-0.15, -0.1) is 13.2 Å². The molecule has 0 fully saturated rings. The van der Waals surface area contributed by atoms with Crippen LogP contribution in [0.4, 0.5) is 0 Å². The van der Waals surface area contributed by atoms with E-state index < -0.39 is 23.5 Å². The monoisotopic (exact) mass is 210 g/mol. The van der Waals surface area contributed by atoms with Crippen LogP contribution in [0.5, 0.6) is 0 Å². The zero-order chi connectivity index (χ0) is 11.8. The third kappa shape index (κ3) is 4.66. The first-order valence-electron chi connectivity index (χ1n) is 4.06. The van der Waals surface area contributed by atoms with Crippen LogP contribution in [0.1, 0.15) is 12.8 Å². The molecule has 80 valence electrons. The topological polar surface area (TPSA) is 77.5 Å². The van der Waals surface area contributed by atoms with Crippen molar-refractivity contribution in [2.24, 2.45) is 0 Å². The predicted molar refractivity (Wildman–Crippen MR) is 50.7 cm³/mol. The van der Waals surface area contributed by atoms with Crippen molar-refractivity contribution in [1.82, 2.24) is 0 Å². The molecule has 0 aromatic heterocycles. The number of hydrogen-bond donors (Lipinski definition) is 0. The number of carbonyl (C=O) groups is 4. The average molecular weight is 210 g/mol. The van der Waals surface area contributed by atoms with Gasteiger partial charge in [0.15, 0.2) is 0 Å². The van der Waals surface area contributed by atoms with E-state index in [2.05, 4.69) is 17.9 Å². The summed E-state index contributed by atoms with van der Waals surface area (Å²) in [6.45, 7) is 6.47. The van der Waals surface area contributed by atoms with Crippen LogP contribution < -0.4 is 0 Å².